The minimum absolute atomic E-state index is 0.180. The molecule has 1 atom stereocenters. The molecule has 0 aliphatic carbocycles. The van der Waals surface area contributed by atoms with E-state index >= 15 is 0 Å². The molecule has 1 amide bonds. The number of carboxylic acid groups (broad SMARTS) is 1. The van der Waals surface area contributed by atoms with Crippen molar-refractivity contribution in [1.82, 2.24) is 10.3 Å². The quantitative estimate of drug-likeness (QED) is 0.622. The second-order valence-electron chi connectivity index (χ2n) is 4.00. The summed E-state index contributed by atoms with van der Waals surface area (Å²) >= 11 is 3.19. The van der Waals surface area contributed by atoms with E-state index < -0.39 is 5.97 Å². The summed E-state index contributed by atoms with van der Waals surface area (Å²) in [7, 11) is 0. The van der Waals surface area contributed by atoms with Crippen molar-refractivity contribution in [1.29, 1.82) is 0 Å². The van der Waals surface area contributed by atoms with E-state index in [0.29, 0.717) is 29.6 Å². The average Bonchev–Trinajstić information content (AvgIpc) is 2.33. The molecular formula is C12H15BrN2O3. The smallest absolute Gasteiger partial charge is 0.306 e. The van der Waals surface area contributed by atoms with E-state index in [1.165, 1.54) is 0 Å². The predicted octanol–water partition coefficient (Wildman–Crippen LogP) is 2.07. The van der Waals surface area contributed by atoms with Crippen LogP contribution in [0.4, 0.5) is 0 Å². The van der Waals surface area contributed by atoms with Crippen molar-refractivity contribution in [2.75, 3.05) is 6.54 Å². The van der Waals surface area contributed by atoms with Crippen LogP contribution in [0.5, 0.6) is 0 Å². The van der Waals surface area contributed by atoms with Gasteiger partial charge in [0.1, 0.15) is 4.60 Å². The number of pyridine rings is 1. The predicted molar refractivity (Wildman–Crippen MR) is 70.3 cm³/mol. The standard InChI is InChI=1S/C12H15BrN2O3/c1-8(12(17)18)3-2-5-15-11(16)9-4-6-14-10(13)7-9/h4,6-8H,2-3,5H2,1H3,(H,15,16)(H,17,18). The Kier molecular flexibility index (Phi) is 5.77. The molecule has 0 saturated heterocycles. The zero-order valence-corrected chi connectivity index (χ0v) is 11.6. The van der Waals surface area contributed by atoms with Gasteiger partial charge in [0.15, 0.2) is 0 Å². The Morgan fingerprint density at radius 3 is 2.89 bits per heavy atom. The molecule has 0 aliphatic rings. The highest BCUT2D eigenvalue weighted by Crippen LogP contribution is 2.08. The number of hydrogen-bond acceptors (Lipinski definition) is 3. The SMILES string of the molecule is CC(CCCNC(=O)c1ccnc(Br)c1)C(=O)O. The van der Waals surface area contributed by atoms with Gasteiger partial charge in [-0.05, 0) is 40.9 Å². The fraction of sp³-hybridized carbons (Fsp3) is 0.417. The molecule has 0 fully saturated rings. The fourth-order valence-electron chi connectivity index (χ4n) is 1.38. The summed E-state index contributed by atoms with van der Waals surface area (Å²) in [6.45, 7) is 2.13. The number of carboxylic acids is 1. The maximum atomic E-state index is 11.7. The van der Waals surface area contributed by atoms with Crippen molar-refractivity contribution in [3.8, 4) is 0 Å². The zero-order valence-electron chi connectivity index (χ0n) is 10.0. The normalized spacial score (nSPS) is 11.9. The lowest BCUT2D eigenvalue weighted by Crippen LogP contribution is -2.25. The molecule has 18 heavy (non-hydrogen) atoms. The van der Waals surface area contributed by atoms with E-state index in [2.05, 4.69) is 26.2 Å². The largest absolute Gasteiger partial charge is 0.481 e. The van der Waals surface area contributed by atoms with Crippen molar-refractivity contribution in [3.05, 3.63) is 28.5 Å². The number of rotatable bonds is 6. The van der Waals surface area contributed by atoms with Gasteiger partial charge >= 0.3 is 5.97 Å². The van der Waals surface area contributed by atoms with Gasteiger partial charge < -0.3 is 10.4 Å². The van der Waals surface area contributed by atoms with Crippen LogP contribution in [0.2, 0.25) is 0 Å². The maximum Gasteiger partial charge on any atom is 0.306 e. The van der Waals surface area contributed by atoms with E-state index in [0.717, 1.165) is 0 Å². The summed E-state index contributed by atoms with van der Waals surface area (Å²) in [4.78, 5) is 26.2. The molecule has 0 spiro atoms. The highest BCUT2D eigenvalue weighted by atomic mass is 79.9. The monoisotopic (exact) mass is 314 g/mol. The molecular weight excluding hydrogens is 300 g/mol. The Balaban J connectivity index is 2.32. The Bertz CT molecular complexity index is 437. The van der Waals surface area contributed by atoms with E-state index in [9.17, 15) is 9.59 Å². The average molecular weight is 315 g/mol. The van der Waals surface area contributed by atoms with Gasteiger partial charge in [-0.25, -0.2) is 4.98 Å². The van der Waals surface area contributed by atoms with Gasteiger partial charge in [0.25, 0.3) is 5.91 Å². The van der Waals surface area contributed by atoms with Crippen molar-refractivity contribution < 1.29 is 14.7 Å². The molecule has 1 aromatic heterocycles. The minimum Gasteiger partial charge on any atom is -0.481 e. The number of nitrogens with zero attached hydrogens (tertiary/aromatic N) is 1. The van der Waals surface area contributed by atoms with Crippen molar-refractivity contribution in [3.63, 3.8) is 0 Å². The van der Waals surface area contributed by atoms with Crippen molar-refractivity contribution >= 4 is 27.8 Å². The van der Waals surface area contributed by atoms with E-state index in [4.69, 9.17) is 5.11 Å². The second-order valence-corrected chi connectivity index (χ2v) is 4.82. The minimum atomic E-state index is -0.806. The molecule has 0 bridgehead atoms. The topological polar surface area (TPSA) is 79.3 Å². The molecule has 5 nitrogen and oxygen atoms in total. The number of hydrogen-bond donors (Lipinski definition) is 2. The van der Waals surface area contributed by atoms with E-state index in [1.54, 1.807) is 25.3 Å². The first kappa shape index (κ1) is 14.6. The fourth-order valence-corrected chi connectivity index (χ4v) is 1.74. The number of aromatic nitrogens is 1. The lowest BCUT2D eigenvalue weighted by molar-refractivity contribution is -0.141. The van der Waals surface area contributed by atoms with Gasteiger partial charge in [0.2, 0.25) is 0 Å². The summed E-state index contributed by atoms with van der Waals surface area (Å²) in [5.41, 5.74) is 0.531. The number of carbonyl (C=O) groups is 2. The van der Waals surface area contributed by atoms with E-state index in [1.807, 2.05) is 0 Å². The van der Waals surface area contributed by atoms with Gasteiger partial charge in [-0.3, -0.25) is 9.59 Å². The Labute approximate surface area is 114 Å². The number of carbonyl (C=O) groups excluding carboxylic acids is 1. The highest BCUT2D eigenvalue weighted by Gasteiger charge is 2.10. The molecule has 1 aromatic rings. The van der Waals surface area contributed by atoms with Gasteiger partial charge in [0.05, 0.1) is 5.92 Å². The van der Waals surface area contributed by atoms with Crippen LogP contribution in [-0.2, 0) is 4.79 Å². The molecule has 2 N–H and O–H groups in total. The van der Waals surface area contributed by atoms with Gasteiger partial charge in [-0.15, -0.1) is 0 Å². The molecule has 1 unspecified atom stereocenters. The lowest BCUT2D eigenvalue weighted by atomic mass is 10.1. The third kappa shape index (κ3) is 4.83. The molecule has 0 aromatic carbocycles. The Morgan fingerprint density at radius 2 is 2.28 bits per heavy atom. The molecule has 0 saturated carbocycles. The summed E-state index contributed by atoms with van der Waals surface area (Å²) in [5, 5.41) is 11.4. The van der Waals surface area contributed by atoms with Crippen LogP contribution in [0.3, 0.4) is 0 Å². The summed E-state index contributed by atoms with van der Waals surface area (Å²) in [6.07, 6.45) is 2.74. The van der Waals surface area contributed by atoms with Crippen LogP contribution in [0.25, 0.3) is 0 Å². The zero-order chi connectivity index (χ0) is 13.5. The summed E-state index contributed by atoms with van der Waals surface area (Å²) in [6, 6.07) is 3.26. The van der Waals surface area contributed by atoms with Gasteiger partial charge in [0, 0.05) is 18.3 Å². The van der Waals surface area contributed by atoms with Crippen LogP contribution < -0.4 is 5.32 Å². The number of amides is 1. The third-order valence-electron chi connectivity index (χ3n) is 2.51. The van der Waals surface area contributed by atoms with Crippen molar-refractivity contribution in [2.24, 2.45) is 5.92 Å². The van der Waals surface area contributed by atoms with Crippen LogP contribution in [0, 0.1) is 5.92 Å². The van der Waals surface area contributed by atoms with Gasteiger partial charge in [-0.1, -0.05) is 6.92 Å². The summed E-state index contributed by atoms with van der Waals surface area (Å²) < 4.78 is 0.606. The molecule has 0 aliphatic heterocycles. The van der Waals surface area contributed by atoms with Crippen LogP contribution in [0.15, 0.2) is 22.9 Å². The first-order valence-corrected chi connectivity index (χ1v) is 6.42. The third-order valence-corrected chi connectivity index (χ3v) is 2.94. The van der Waals surface area contributed by atoms with Crippen LogP contribution in [0.1, 0.15) is 30.1 Å². The number of halogens is 1. The highest BCUT2D eigenvalue weighted by molar-refractivity contribution is 9.10. The van der Waals surface area contributed by atoms with Crippen LogP contribution in [-0.4, -0.2) is 28.5 Å². The summed E-state index contributed by atoms with van der Waals surface area (Å²) in [5.74, 6) is -1.36. The lowest BCUT2D eigenvalue weighted by Gasteiger charge is -2.07. The molecule has 98 valence electrons. The Morgan fingerprint density at radius 1 is 1.56 bits per heavy atom. The van der Waals surface area contributed by atoms with Crippen molar-refractivity contribution in [2.45, 2.75) is 19.8 Å². The first-order chi connectivity index (χ1) is 8.50. The molecule has 1 heterocycles. The van der Waals surface area contributed by atoms with E-state index in [-0.39, 0.29) is 11.8 Å². The maximum absolute atomic E-state index is 11.7. The molecule has 1 rings (SSSR count). The number of aliphatic carboxylic acids is 1. The number of nitrogens with one attached hydrogen (secondary N) is 1. The second kappa shape index (κ2) is 7.10. The first-order valence-electron chi connectivity index (χ1n) is 5.63. The Hall–Kier alpha value is -1.43. The molecule has 6 heteroatoms. The molecule has 0 radical (unpaired) electrons. The van der Waals surface area contributed by atoms with Crippen LogP contribution >= 0.6 is 15.9 Å². The van der Waals surface area contributed by atoms with Gasteiger partial charge in [-0.2, -0.15) is 0 Å².